The monoisotopic (exact) mass is 347 g/mol. The fourth-order valence-electron chi connectivity index (χ4n) is 2.91. The van der Waals surface area contributed by atoms with Crippen molar-refractivity contribution < 1.29 is 14.3 Å². The predicted octanol–water partition coefficient (Wildman–Crippen LogP) is 4.76. The maximum atomic E-state index is 12.4. The Kier molecular flexibility index (Phi) is 5.32. The Labute approximate surface area is 152 Å². The summed E-state index contributed by atoms with van der Waals surface area (Å²) in [6.07, 6.45) is 0. The van der Waals surface area contributed by atoms with Crippen LogP contribution >= 0.6 is 0 Å². The van der Waals surface area contributed by atoms with Crippen LogP contribution in [0.1, 0.15) is 35.7 Å². The van der Waals surface area contributed by atoms with Crippen molar-refractivity contribution in [1.29, 1.82) is 0 Å². The van der Waals surface area contributed by atoms with Gasteiger partial charge in [0, 0.05) is 5.69 Å². The number of amides is 1. The first-order valence-corrected chi connectivity index (χ1v) is 8.60. The van der Waals surface area contributed by atoms with Gasteiger partial charge < -0.3 is 10.1 Å². The van der Waals surface area contributed by atoms with E-state index in [2.05, 4.69) is 19.2 Å². The molecule has 0 unspecified atom stereocenters. The zero-order valence-electron chi connectivity index (χ0n) is 14.9. The van der Waals surface area contributed by atoms with Gasteiger partial charge in [0.05, 0.1) is 5.56 Å². The molecular formula is C22H21NO3. The van der Waals surface area contributed by atoms with Crippen LogP contribution in [0.3, 0.4) is 0 Å². The number of anilines is 1. The Balaban J connectivity index is 1.67. The van der Waals surface area contributed by atoms with E-state index in [0.29, 0.717) is 5.56 Å². The summed E-state index contributed by atoms with van der Waals surface area (Å²) in [5.41, 5.74) is 2.24. The highest BCUT2D eigenvalue weighted by Gasteiger charge is 2.14. The summed E-state index contributed by atoms with van der Waals surface area (Å²) in [4.78, 5) is 24.6. The lowest BCUT2D eigenvalue weighted by molar-refractivity contribution is -0.119. The molecule has 0 atom stereocenters. The van der Waals surface area contributed by atoms with Crippen LogP contribution in [-0.4, -0.2) is 18.5 Å². The fraction of sp³-hybridized carbons (Fsp3) is 0.182. The first-order chi connectivity index (χ1) is 12.6. The minimum absolute atomic E-state index is 0.282. The summed E-state index contributed by atoms with van der Waals surface area (Å²) in [5.74, 6) is -0.578. The van der Waals surface area contributed by atoms with E-state index in [0.717, 1.165) is 22.0 Å². The Morgan fingerprint density at radius 1 is 0.923 bits per heavy atom. The third-order valence-corrected chi connectivity index (χ3v) is 4.20. The average Bonchev–Trinajstić information content (AvgIpc) is 2.66. The van der Waals surface area contributed by atoms with Crippen molar-refractivity contribution in [3.05, 3.63) is 77.9 Å². The number of esters is 1. The number of nitrogens with one attached hydrogen (secondary N) is 1. The van der Waals surface area contributed by atoms with Crippen LogP contribution in [0.15, 0.2) is 66.7 Å². The topological polar surface area (TPSA) is 55.4 Å². The van der Waals surface area contributed by atoms with Crippen molar-refractivity contribution in [1.82, 2.24) is 0 Å². The summed E-state index contributed by atoms with van der Waals surface area (Å²) >= 11 is 0. The molecule has 0 saturated heterocycles. The largest absolute Gasteiger partial charge is 0.452 e. The van der Waals surface area contributed by atoms with E-state index < -0.39 is 5.97 Å². The number of hydrogen-bond donors (Lipinski definition) is 1. The van der Waals surface area contributed by atoms with Crippen molar-refractivity contribution >= 4 is 28.3 Å². The van der Waals surface area contributed by atoms with Crippen molar-refractivity contribution in [2.24, 2.45) is 0 Å². The van der Waals surface area contributed by atoms with Crippen LogP contribution in [0.2, 0.25) is 0 Å². The molecule has 0 heterocycles. The van der Waals surface area contributed by atoms with E-state index in [4.69, 9.17) is 4.74 Å². The number of benzene rings is 3. The third kappa shape index (κ3) is 3.91. The first-order valence-electron chi connectivity index (χ1n) is 8.60. The van der Waals surface area contributed by atoms with E-state index in [1.165, 1.54) is 0 Å². The molecule has 0 radical (unpaired) electrons. The van der Waals surface area contributed by atoms with Crippen molar-refractivity contribution in [2.45, 2.75) is 19.8 Å². The normalized spacial score (nSPS) is 10.7. The smallest absolute Gasteiger partial charge is 0.339 e. The summed E-state index contributed by atoms with van der Waals surface area (Å²) < 4.78 is 5.22. The minimum Gasteiger partial charge on any atom is -0.452 e. The molecule has 0 spiro atoms. The van der Waals surface area contributed by atoms with Crippen LogP contribution < -0.4 is 5.32 Å². The van der Waals surface area contributed by atoms with Crippen molar-refractivity contribution in [3.63, 3.8) is 0 Å². The molecule has 4 nitrogen and oxygen atoms in total. The Morgan fingerprint density at radius 3 is 2.42 bits per heavy atom. The van der Waals surface area contributed by atoms with Crippen LogP contribution in [-0.2, 0) is 9.53 Å². The maximum absolute atomic E-state index is 12.4. The molecule has 1 amide bonds. The van der Waals surface area contributed by atoms with E-state index in [1.807, 2.05) is 54.6 Å². The Bertz CT molecular complexity index is 942. The number of hydrogen-bond acceptors (Lipinski definition) is 3. The zero-order valence-corrected chi connectivity index (χ0v) is 14.9. The molecular weight excluding hydrogens is 326 g/mol. The second-order valence-corrected chi connectivity index (χ2v) is 6.39. The zero-order chi connectivity index (χ0) is 18.5. The van der Waals surface area contributed by atoms with Crippen LogP contribution in [0.4, 0.5) is 5.69 Å². The van der Waals surface area contributed by atoms with Crippen LogP contribution in [0.5, 0.6) is 0 Å². The standard InChI is InChI=1S/C22H21NO3/c1-15(2)17-10-5-6-13-20(17)23-21(24)14-26-22(25)19-12-7-9-16-8-3-4-11-18(16)19/h3-13,15H,14H2,1-2H3,(H,23,24). The molecule has 0 saturated carbocycles. The van der Waals surface area contributed by atoms with Gasteiger partial charge >= 0.3 is 5.97 Å². The predicted molar refractivity (Wildman–Crippen MR) is 103 cm³/mol. The summed E-state index contributed by atoms with van der Waals surface area (Å²) in [6.45, 7) is 3.80. The van der Waals surface area contributed by atoms with E-state index >= 15 is 0 Å². The third-order valence-electron chi connectivity index (χ3n) is 4.20. The molecule has 0 aliphatic rings. The number of para-hydroxylation sites is 1. The maximum Gasteiger partial charge on any atom is 0.339 e. The molecule has 1 N–H and O–H groups in total. The highest BCUT2D eigenvalue weighted by Crippen LogP contribution is 2.23. The number of ether oxygens (including phenoxy) is 1. The van der Waals surface area contributed by atoms with Crippen molar-refractivity contribution in [3.8, 4) is 0 Å². The highest BCUT2D eigenvalue weighted by atomic mass is 16.5. The number of fused-ring (bicyclic) bond motifs is 1. The molecule has 3 aromatic carbocycles. The highest BCUT2D eigenvalue weighted by molar-refractivity contribution is 6.05. The lowest BCUT2D eigenvalue weighted by Crippen LogP contribution is -2.21. The van der Waals surface area contributed by atoms with E-state index in [9.17, 15) is 9.59 Å². The van der Waals surface area contributed by atoms with E-state index in [-0.39, 0.29) is 18.4 Å². The second-order valence-electron chi connectivity index (χ2n) is 6.39. The molecule has 132 valence electrons. The Morgan fingerprint density at radius 2 is 1.62 bits per heavy atom. The van der Waals surface area contributed by atoms with E-state index in [1.54, 1.807) is 12.1 Å². The summed E-state index contributed by atoms with van der Waals surface area (Å²) in [5, 5.41) is 4.59. The van der Waals surface area contributed by atoms with Gasteiger partial charge in [-0.15, -0.1) is 0 Å². The van der Waals surface area contributed by atoms with Gasteiger partial charge in [-0.05, 0) is 34.4 Å². The lowest BCUT2D eigenvalue weighted by atomic mass is 10.0. The van der Waals surface area contributed by atoms with Gasteiger partial charge in [0.2, 0.25) is 0 Å². The molecule has 0 aliphatic heterocycles. The number of carbonyl (C=O) groups is 2. The number of rotatable bonds is 5. The number of carbonyl (C=O) groups excluding carboxylic acids is 2. The molecule has 0 aliphatic carbocycles. The Hall–Kier alpha value is -3.14. The van der Waals surface area contributed by atoms with Gasteiger partial charge in [-0.3, -0.25) is 4.79 Å². The van der Waals surface area contributed by atoms with Gasteiger partial charge in [0.15, 0.2) is 6.61 Å². The van der Waals surface area contributed by atoms with Crippen molar-refractivity contribution in [2.75, 3.05) is 11.9 Å². The van der Waals surface area contributed by atoms with Crippen LogP contribution in [0, 0.1) is 0 Å². The minimum atomic E-state index is -0.505. The molecule has 26 heavy (non-hydrogen) atoms. The second kappa shape index (κ2) is 7.83. The lowest BCUT2D eigenvalue weighted by Gasteiger charge is -2.13. The van der Waals surface area contributed by atoms with Gasteiger partial charge in [-0.2, -0.15) is 0 Å². The SMILES string of the molecule is CC(C)c1ccccc1NC(=O)COC(=O)c1cccc2ccccc12. The van der Waals surface area contributed by atoms with Gasteiger partial charge in [0.25, 0.3) is 5.91 Å². The van der Waals surface area contributed by atoms with Crippen LogP contribution in [0.25, 0.3) is 10.8 Å². The quantitative estimate of drug-likeness (QED) is 0.677. The van der Waals surface area contributed by atoms with Gasteiger partial charge in [-0.25, -0.2) is 4.79 Å². The molecule has 3 aromatic rings. The molecule has 3 rings (SSSR count). The van der Waals surface area contributed by atoms with Gasteiger partial charge in [0.1, 0.15) is 0 Å². The van der Waals surface area contributed by atoms with Gasteiger partial charge in [-0.1, -0.05) is 68.4 Å². The molecule has 0 bridgehead atoms. The molecule has 4 heteroatoms. The summed E-state index contributed by atoms with van der Waals surface area (Å²) in [6, 6.07) is 20.6. The first kappa shape index (κ1) is 17.7. The average molecular weight is 347 g/mol. The summed E-state index contributed by atoms with van der Waals surface area (Å²) in [7, 11) is 0. The molecule has 0 fully saturated rings. The fourth-order valence-corrected chi connectivity index (χ4v) is 2.91. The molecule has 0 aromatic heterocycles.